The van der Waals surface area contributed by atoms with Crippen molar-refractivity contribution in [2.45, 2.75) is 13.5 Å². The zero-order valence-electron chi connectivity index (χ0n) is 18.0. The number of amides is 1. The van der Waals surface area contributed by atoms with Crippen LogP contribution in [0, 0.1) is 18.3 Å². The van der Waals surface area contributed by atoms with Gasteiger partial charge in [0, 0.05) is 34.9 Å². The van der Waals surface area contributed by atoms with Crippen molar-refractivity contribution in [3.05, 3.63) is 101 Å². The summed E-state index contributed by atoms with van der Waals surface area (Å²) in [4.78, 5) is 12.7. The standard InChI is InChI=1S/C27H23N3O2/c1-19-6-5-7-20(14-19)17-30-18-22(25-8-3-4-9-26(25)30)15-21(16-28)27(31)29-23-10-12-24(32-2)13-11-23/h3-15,18H,17H2,1-2H3,(H,29,31)/b21-15-. The molecule has 4 rings (SSSR count). The molecule has 3 aromatic carbocycles. The number of methoxy groups -OCH3 is 1. The van der Waals surface area contributed by atoms with Gasteiger partial charge in [-0.25, -0.2) is 0 Å². The molecule has 0 saturated heterocycles. The maximum Gasteiger partial charge on any atom is 0.266 e. The molecule has 0 saturated carbocycles. The Morgan fingerprint density at radius 3 is 2.59 bits per heavy atom. The van der Waals surface area contributed by atoms with E-state index in [4.69, 9.17) is 4.74 Å². The highest BCUT2D eigenvalue weighted by Crippen LogP contribution is 2.25. The third-order valence-corrected chi connectivity index (χ3v) is 5.27. The summed E-state index contributed by atoms with van der Waals surface area (Å²) in [5.74, 6) is 0.244. The van der Waals surface area contributed by atoms with Crippen molar-refractivity contribution in [1.29, 1.82) is 5.26 Å². The summed E-state index contributed by atoms with van der Waals surface area (Å²) in [6, 6.07) is 25.4. The minimum Gasteiger partial charge on any atom is -0.497 e. The summed E-state index contributed by atoms with van der Waals surface area (Å²) in [5.41, 5.74) is 4.92. The molecule has 0 unspecified atom stereocenters. The molecule has 158 valence electrons. The average molecular weight is 422 g/mol. The average Bonchev–Trinajstić information content (AvgIpc) is 3.15. The van der Waals surface area contributed by atoms with Gasteiger partial charge in [0.05, 0.1) is 7.11 Å². The summed E-state index contributed by atoms with van der Waals surface area (Å²) in [5, 5.41) is 13.4. The number of aromatic nitrogens is 1. The maximum absolute atomic E-state index is 12.7. The first kappa shape index (κ1) is 21.0. The lowest BCUT2D eigenvalue weighted by molar-refractivity contribution is -0.112. The smallest absolute Gasteiger partial charge is 0.266 e. The van der Waals surface area contributed by atoms with Crippen LogP contribution in [0.4, 0.5) is 5.69 Å². The predicted octanol–water partition coefficient (Wildman–Crippen LogP) is 5.55. The van der Waals surface area contributed by atoms with Crippen LogP contribution in [0.2, 0.25) is 0 Å². The maximum atomic E-state index is 12.7. The molecular formula is C27H23N3O2. The number of aryl methyl sites for hydroxylation is 1. The lowest BCUT2D eigenvalue weighted by atomic mass is 10.1. The van der Waals surface area contributed by atoms with Gasteiger partial charge in [0.15, 0.2) is 0 Å². The van der Waals surface area contributed by atoms with Gasteiger partial charge in [-0.3, -0.25) is 4.79 Å². The van der Waals surface area contributed by atoms with Crippen LogP contribution in [0.5, 0.6) is 5.75 Å². The van der Waals surface area contributed by atoms with Crippen LogP contribution in [0.15, 0.2) is 84.6 Å². The molecule has 1 amide bonds. The van der Waals surface area contributed by atoms with Crippen LogP contribution in [0.1, 0.15) is 16.7 Å². The highest BCUT2D eigenvalue weighted by Gasteiger charge is 2.13. The van der Waals surface area contributed by atoms with Crippen molar-refractivity contribution in [1.82, 2.24) is 4.57 Å². The molecule has 0 bridgehead atoms. The fourth-order valence-corrected chi connectivity index (χ4v) is 3.71. The van der Waals surface area contributed by atoms with Crippen molar-refractivity contribution in [2.75, 3.05) is 12.4 Å². The molecule has 0 aliphatic rings. The Kier molecular flexibility index (Phi) is 6.05. The molecular weight excluding hydrogens is 398 g/mol. The van der Waals surface area contributed by atoms with Crippen molar-refractivity contribution in [2.24, 2.45) is 0 Å². The number of anilines is 1. The van der Waals surface area contributed by atoms with Crippen LogP contribution in [-0.4, -0.2) is 17.6 Å². The highest BCUT2D eigenvalue weighted by molar-refractivity contribution is 6.10. The second kappa shape index (κ2) is 9.23. The molecule has 0 fully saturated rings. The SMILES string of the molecule is COc1ccc(NC(=O)/C(C#N)=C\c2cn(Cc3cccc(C)c3)c3ccccc23)cc1. The normalized spacial score (nSPS) is 11.2. The first-order chi connectivity index (χ1) is 15.6. The second-order valence-electron chi connectivity index (χ2n) is 7.57. The Bertz CT molecular complexity index is 1340. The Labute approximate surface area is 187 Å². The molecule has 4 aromatic rings. The van der Waals surface area contributed by atoms with Gasteiger partial charge in [0.25, 0.3) is 5.91 Å². The number of hydrogen-bond donors (Lipinski definition) is 1. The fourth-order valence-electron chi connectivity index (χ4n) is 3.71. The predicted molar refractivity (Wildman–Crippen MR) is 127 cm³/mol. The monoisotopic (exact) mass is 421 g/mol. The van der Waals surface area contributed by atoms with Gasteiger partial charge in [-0.2, -0.15) is 5.26 Å². The number of rotatable bonds is 6. The Morgan fingerprint density at radius 1 is 1.09 bits per heavy atom. The van der Waals surface area contributed by atoms with Crippen LogP contribution in [0.3, 0.4) is 0 Å². The molecule has 5 heteroatoms. The van der Waals surface area contributed by atoms with Gasteiger partial charge < -0.3 is 14.6 Å². The number of para-hydroxylation sites is 1. The Balaban J connectivity index is 1.65. The topological polar surface area (TPSA) is 67.0 Å². The van der Waals surface area contributed by atoms with Crippen LogP contribution >= 0.6 is 0 Å². The Hall–Kier alpha value is -4.30. The van der Waals surface area contributed by atoms with E-state index in [0.29, 0.717) is 18.0 Å². The summed E-state index contributed by atoms with van der Waals surface area (Å²) >= 11 is 0. The summed E-state index contributed by atoms with van der Waals surface area (Å²) in [7, 11) is 1.58. The first-order valence-electron chi connectivity index (χ1n) is 10.3. The van der Waals surface area contributed by atoms with E-state index in [0.717, 1.165) is 16.5 Å². The van der Waals surface area contributed by atoms with Crippen molar-refractivity contribution < 1.29 is 9.53 Å². The number of nitriles is 1. The number of hydrogen-bond acceptors (Lipinski definition) is 3. The third-order valence-electron chi connectivity index (χ3n) is 5.27. The first-order valence-corrected chi connectivity index (χ1v) is 10.3. The summed E-state index contributed by atoms with van der Waals surface area (Å²) in [6.07, 6.45) is 3.64. The highest BCUT2D eigenvalue weighted by atomic mass is 16.5. The number of fused-ring (bicyclic) bond motifs is 1. The molecule has 1 heterocycles. The van der Waals surface area contributed by atoms with Gasteiger partial charge in [-0.15, -0.1) is 0 Å². The summed E-state index contributed by atoms with van der Waals surface area (Å²) < 4.78 is 7.28. The van der Waals surface area contributed by atoms with Gasteiger partial charge in [0.2, 0.25) is 0 Å². The quantitative estimate of drug-likeness (QED) is 0.328. The van der Waals surface area contributed by atoms with Gasteiger partial charge >= 0.3 is 0 Å². The number of carbonyl (C=O) groups excluding carboxylic acids is 1. The van der Waals surface area contributed by atoms with Crippen molar-refractivity contribution >= 4 is 28.6 Å². The summed E-state index contributed by atoms with van der Waals surface area (Å²) in [6.45, 7) is 2.78. The van der Waals surface area contributed by atoms with Crippen molar-refractivity contribution in [3.8, 4) is 11.8 Å². The molecule has 0 atom stereocenters. The molecule has 1 N–H and O–H groups in total. The van der Waals surface area contributed by atoms with Gasteiger partial charge in [-0.05, 0) is 48.9 Å². The van der Waals surface area contributed by atoms with E-state index in [-0.39, 0.29) is 5.57 Å². The zero-order valence-corrected chi connectivity index (χ0v) is 18.0. The number of carbonyl (C=O) groups is 1. The lowest BCUT2D eigenvalue weighted by Gasteiger charge is -2.06. The van der Waals surface area contributed by atoms with Crippen molar-refractivity contribution in [3.63, 3.8) is 0 Å². The largest absolute Gasteiger partial charge is 0.497 e. The van der Waals surface area contributed by atoms with E-state index in [1.165, 1.54) is 11.1 Å². The number of nitrogens with zero attached hydrogens (tertiary/aromatic N) is 2. The molecule has 0 radical (unpaired) electrons. The Morgan fingerprint density at radius 2 is 1.88 bits per heavy atom. The molecule has 0 spiro atoms. The third kappa shape index (κ3) is 4.55. The number of benzene rings is 3. The second-order valence-corrected chi connectivity index (χ2v) is 7.57. The molecule has 1 aromatic heterocycles. The fraction of sp³-hybridized carbons (Fsp3) is 0.111. The number of ether oxygens (including phenoxy) is 1. The molecule has 32 heavy (non-hydrogen) atoms. The minimum atomic E-state index is -0.451. The van der Waals surface area contributed by atoms with Gasteiger partial charge in [0.1, 0.15) is 17.4 Å². The minimum absolute atomic E-state index is 0.0410. The zero-order chi connectivity index (χ0) is 22.5. The number of nitrogens with one attached hydrogen (secondary N) is 1. The van der Waals surface area contributed by atoms with Crippen LogP contribution in [-0.2, 0) is 11.3 Å². The van der Waals surface area contributed by atoms with E-state index < -0.39 is 5.91 Å². The lowest BCUT2D eigenvalue weighted by Crippen LogP contribution is -2.13. The van der Waals surface area contributed by atoms with E-state index in [1.807, 2.05) is 36.5 Å². The van der Waals surface area contributed by atoms with Crippen LogP contribution < -0.4 is 10.1 Å². The van der Waals surface area contributed by atoms with E-state index in [9.17, 15) is 10.1 Å². The molecule has 5 nitrogen and oxygen atoms in total. The molecule has 0 aliphatic carbocycles. The van der Waals surface area contributed by atoms with Gasteiger partial charge in [-0.1, -0.05) is 48.0 Å². The van der Waals surface area contributed by atoms with E-state index in [1.54, 1.807) is 37.5 Å². The van der Waals surface area contributed by atoms with Crippen LogP contribution in [0.25, 0.3) is 17.0 Å². The molecule has 0 aliphatic heterocycles. The van der Waals surface area contributed by atoms with E-state index >= 15 is 0 Å². The van der Waals surface area contributed by atoms with E-state index in [2.05, 4.69) is 41.1 Å².